The minimum absolute atomic E-state index is 0.0308. The summed E-state index contributed by atoms with van der Waals surface area (Å²) in [6.45, 7) is 0.0308. The average molecular weight is 199 g/mol. The number of hydrogen-bond acceptors (Lipinski definition) is 4. The largest absolute Gasteiger partial charge is 0.481 e. The van der Waals surface area contributed by atoms with Gasteiger partial charge in [-0.2, -0.15) is 16.2 Å². The van der Waals surface area contributed by atoms with E-state index in [4.69, 9.17) is 5.11 Å². The van der Waals surface area contributed by atoms with E-state index in [1.807, 2.05) is 16.8 Å². The van der Waals surface area contributed by atoms with Gasteiger partial charge < -0.3 is 5.11 Å². The maximum absolute atomic E-state index is 10.4. The number of carbonyl (C=O) groups is 1. The second-order valence-electron chi connectivity index (χ2n) is 2.66. The van der Waals surface area contributed by atoms with Crippen LogP contribution < -0.4 is 0 Å². The molecule has 5 heteroatoms. The molecule has 1 aromatic heterocycles. The van der Waals surface area contributed by atoms with E-state index >= 15 is 0 Å². The molecule has 0 aliphatic heterocycles. The van der Waals surface area contributed by atoms with Crippen LogP contribution in [0.4, 0.5) is 0 Å². The van der Waals surface area contributed by atoms with Crippen LogP contribution >= 0.6 is 11.3 Å². The molecule has 0 saturated heterocycles. The van der Waals surface area contributed by atoms with Gasteiger partial charge in [-0.3, -0.25) is 4.79 Å². The van der Waals surface area contributed by atoms with Crippen molar-refractivity contribution in [3.05, 3.63) is 27.3 Å². The molecule has 0 amide bonds. The summed E-state index contributed by atoms with van der Waals surface area (Å²) in [6, 6.07) is 1.82. The van der Waals surface area contributed by atoms with Crippen LogP contribution in [0.3, 0.4) is 0 Å². The fraction of sp³-hybridized carbons (Fsp3) is 0.375. The lowest BCUT2D eigenvalue weighted by Gasteiger charge is -2.07. The monoisotopic (exact) mass is 199 g/mol. The van der Waals surface area contributed by atoms with E-state index in [-0.39, 0.29) is 18.9 Å². The number of thiophene rings is 1. The molecule has 1 atom stereocenters. The zero-order valence-electron chi connectivity index (χ0n) is 6.84. The highest BCUT2D eigenvalue weighted by atomic mass is 32.1. The second-order valence-corrected chi connectivity index (χ2v) is 3.44. The van der Waals surface area contributed by atoms with Gasteiger partial charge in [0, 0.05) is 5.92 Å². The molecular weight excluding hydrogens is 190 g/mol. The molecule has 70 valence electrons. The van der Waals surface area contributed by atoms with Crippen molar-refractivity contribution in [3.8, 4) is 0 Å². The van der Waals surface area contributed by atoms with Crippen molar-refractivity contribution in [2.75, 3.05) is 6.54 Å². The van der Waals surface area contributed by atoms with Crippen LogP contribution in [0, 0.1) is 4.91 Å². The highest BCUT2D eigenvalue weighted by Gasteiger charge is 2.15. The zero-order valence-corrected chi connectivity index (χ0v) is 7.66. The molecule has 1 aromatic rings. The van der Waals surface area contributed by atoms with Gasteiger partial charge in [0.1, 0.15) is 0 Å². The van der Waals surface area contributed by atoms with Crippen molar-refractivity contribution in [2.24, 2.45) is 5.18 Å². The van der Waals surface area contributed by atoms with E-state index in [1.165, 1.54) is 11.3 Å². The summed E-state index contributed by atoms with van der Waals surface area (Å²) < 4.78 is 0. The second kappa shape index (κ2) is 4.71. The molecule has 0 aliphatic rings. The van der Waals surface area contributed by atoms with Crippen molar-refractivity contribution in [1.29, 1.82) is 0 Å². The Morgan fingerprint density at radius 2 is 2.46 bits per heavy atom. The first-order chi connectivity index (χ1) is 6.24. The molecule has 13 heavy (non-hydrogen) atoms. The van der Waals surface area contributed by atoms with Crippen LogP contribution in [0.1, 0.15) is 17.9 Å². The quantitative estimate of drug-likeness (QED) is 0.738. The minimum atomic E-state index is -0.903. The fourth-order valence-corrected chi connectivity index (χ4v) is 1.84. The highest BCUT2D eigenvalue weighted by Crippen LogP contribution is 2.22. The number of nitroso groups, excluding NO2 is 1. The van der Waals surface area contributed by atoms with Gasteiger partial charge in [0.05, 0.1) is 13.0 Å². The molecule has 4 nitrogen and oxygen atoms in total. The van der Waals surface area contributed by atoms with Crippen molar-refractivity contribution in [2.45, 2.75) is 12.3 Å². The van der Waals surface area contributed by atoms with E-state index in [0.717, 1.165) is 5.56 Å². The lowest BCUT2D eigenvalue weighted by atomic mass is 9.99. The lowest BCUT2D eigenvalue weighted by molar-refractivity contribution is -0.137. The number of rotatable bonds is 5. The zero-order chi connectivity index (χ0) is 9.68. The van der Waals surface area contributed by atoms with Gasteiger partial charge in [-0.25, -0.2) is 0 Å². The van der Waals surface area contributed by atoms with Crippen LogP contribution in [-0.4, -0.2) is 17.6 Å². The summed E-state index contributed by atoms with van der Waals surface area (Å²) in [4.78, 5) is 20.5. The Balaban J connectivity index is 2.67. The molecule has 0 saturated carbocycles. The van der Waals surface area contributed by atoms with E-state index in [1.54, 1.807) is 0 Å². The standard InChI is InChI=1S/C8H9NO3S/c10-8(11)3-7(4-9-12)6-1-2-13-5-6/h1-2,5,7H,3-4H2,(H,10,11). The summed E-state index contributed by atoms with van der Waals surface area (Å²) >= 11 is 1.48. The molecule has 0 aromatic carbocycles. The number of nitrogens with zero attached hydrogens (tertiary/aromatic N) is 1. The Hall–Kier alpha value is -1.23. The van der Waals surface area contributed by atoms with Crippen molar-refractivity contribution < 1.29 is 9.90 Å². The molecule has 0 spiro atoms. The fourth-order valence-electron chi connectivity index (χ4n) is 1.10. The number of carboxylic acid groups (broad SMARTS) is 1. The lowest BCUT2D eigenvalue weighted by Crippen LogP contribution is -2.08. The van der Waals surface area contributed by atoms with Gasteiger partial charge in [-0.1, -0.05) is 5.18 Å². The Morgan fingerprint density at radius 1 is 1.69 bits per heavy atom. The Bertz CT molecular complexity index is 284. The molecule has 0 fully saturated rings. The summed E-state index contributed by atoms with van der Waals surface area (Å²) in [5, 5.41) is 15.0. The van der Waals surface area contributed by atoms with Crippen LogP contribution in [0.25, 0.3) is 0 Å². The summed E-state index contributed by atoms with van der Waals surface area (Å²) in [5.74, 6) is -1.18. The normalized spacial score (nSPS) is 12.3. The first-order valence-electron chi connectivity index (χ1n) is 3.77. The molecule has 0 radical (unpaired) electrons. The molecule has 1 rings (SSSR count). The van der Waals surface area contributed by atoms with Gasteiger partial charge in [0.2, 0.25) is 0 Å². The third-order valence-corrected chi connectivity index (χ3v) is 2.43. The molecule has 1 unspecified atom stereocenters. The van der Waals surface area contributed by atoms with E-state index in [9.17, 15) is 9.70 Å². The van der Waals surface area contributed by atoms with Gasteiger partial charge in [0.15, 0.2) is 0 Å². The third-order valence-electron chi connectivity index (χ3n) is 1.73. The maximum Gasteiger partial charge on any atom is 0.304 e. The Morgan fingerprint density at radius 3 is 2.92 bits per heavy atom. The Kier molecular flexibility index (Phi) is 3.57. The topological polar surface area (TPSA) is 66.7 Å². The van der Waals surface area contributed by atoms with Crippen molar-refractivity contribution in [3.63, 3.8) is 0 Å². The number of aliphatic carboxylic acids is 1. The highest BCUT2D eigenvalue weighted by molar-refractivity contribution is 7.07. The predicted molar refractivity (Wildman–Crippen MR) is 50.0 cm³/mol. The van der Waals surface area contributed by atoms with E-state index in [0.29, 0.717) is 0 Å². The van der Waals surface area contributed by atoms with Gasteiger partial charge in [-0.15, -0.1) is 0 Å². The molecular formula is C8H9NO3S. The summed E-state index contributed by atoms with van der Waals surface area (Å²) in [6.07, 6.45) is -0.0392. The Labute approximate surface area is 79.2 Å². The predicted octanol–water partition coefficient (Wildman–Crippen LogP) is 2.07. The van der Waals surface area contributed by atoms with Crippen molar-refractivity contribution >= 4 is 17.3 Å². The van der Waals surface area contributed by atoms with Gasteiger partial charge in [0.25, 0.3) is 0 Å². The maximum atomic E-state index is 10.4. The van der Waals surface area contributed by atoms with Gasteiger partial charge >= 0.3 is 5.97 Å². The SMILES string of the molecule is O=NCC(CC(=O)O)c1ccsc1. The van der Waals surface area contributed by atoms with Crippen LogP contribution in [-0.2, 0) is 4.79 Å². The van der Waals surface area contributed by atoms with Crippen LogP contribution in [0.2, 0.25) is 0 Å². The summed E-state index contributed by atoms with van der Waals surface area (Å²) in [7, 11) is 0. The third kappa shape index (κ3) is 2.95. The molecule has 1 heterocycles. The molecule has 0 bridgehead atoms. The van der Waals surface area contributed by atoms with E-state index < -0.39 is 5.97 Å². The van der Waals surface area contributed by atoms with Crippen LogP contribution in [0.5, 0.6) is 0 Å². The van der Waals surface area contributed by atoms with Crippen LogP contribution in [0.15, 0.2) is 22.0 Å². The van der Waals surface area contributed by atoms with Gasteiger partial charge in [-0.05, 0) is 22.4 Å². The first kappa shape index (κ1) is 9.85. The molecule has 0 aliphatic carbocycles. The number of hydrogen-bond donors (Lipinski definition) is 1. The number of carboxylic acids is 1. The van der Waals surface area contributed by atoms with Crippen molar-refractivity contribution in [1.82, 2.24) is 0 Å². The summed E-state index contributed by atoms with van der Waals surface area (Å²) in [5.41, 5.74) is 0.881. The molecule has 1 N–H and O–H groups in total. The van der Waals surface area contributed by atoms with E-state index in [2.05, 4.69) is 5.18 Å². The average Bonchev–Trinajstić information content (AvgIpc) is 2.54. The minimum Gasteiger partial charge on any atom is -0.481 e. The smallest absolute Gasteiger partial charge is 0.304 e. The first-order valence-corrected chi connectivity index (χ1v) is 4.71.